The summed E-state index contributed by atoms with van der Waals surface area (Å²) in [6.07, 6.45) is -21.6. The highest BCUT2D eigenvalue weighted by Crippen LogP contribution is 2.66. The monoisotopic (exact) mass is 650 g/mol. The van der Waals surface area contributed by atoms with Crippen molar-refractivity contribution >= 4 is 0 Å². The van der Waals surface area contributed by atoms with E-state index in [1.54, 1.807) is 0 Å². The van der Waals surface area contributed by atoms with Gasteiger partial charge >= 0.3 is 65.7 Å². The molecule has 26 heteroatoms. The van der Waals surface area contributed by atoms with Crippen LogP contribution in [0, 0.1) is 0 Å². The van der Waals surface area contributed by atoms with Gasteiger partial charge in [-0.05, 0) is 0 Å². The maximum atomic E-state index is 13.5. The first kappa shape index (κ1) is 36.9. The van der Waals surface area contributed by atoms with E-state index in [2.05, 4.69) is 0 Å². The fourth-order valence-corrected chi connectivity index (χ4v) is 2.09. The van der Waals surface area contributed by atoms with Crippen LogP contribution in [0.5, 0.6) is 0 Å². The number of rotatable bonds is 9. The van der Waals surface area contributed by atoms with Gasteiger partial charge in [0.2, 0.25) is 0 Å². The zero-order valence-corrected chi connectivity index (χ0v) is 16.3. The van der Waals surface area contributed by atoms with Crippen molar-refractivity contribution in [3.63, 3.8) is 0 Å². The van der Waals surface area contributed by atoms with E-state index in [1.807, 2.05) is 0 Å². The first-order chi connectivity index (χ1) is 16.3. The molecule has 0 aromatic rings. The lowest BCUT2D eigenvalue weighted by Gasteiger charge is -2.44. The SMILES string of the molecule is FC(F)=C(C(F)(F)C(F)(F)F)C(F)(F)C(F)(F)C(F)(F)C(F)(F)C(F)(F)C(F)(F)C(F)(F)C(F)(F)C(F)(F)F. The molecule has 0 saturated heterocycles. The molecule has 0 aromatic carbocycles. The van der Waals surface area contributed by atoms with Crippen LogP contribution in [0.4, 0.5) is 114 Å². The van der Waals surface area contributed by atoms with E-state index in [0.29, 0.717) is 0 Å². The maximum absolute atomic E-state index is 13.5. The highest BCUT2D eigenvalue weighted by molar-refractivity contribution is 5.31. The smallest absolute Gasteiger partial charge is 0.194 e. The van der Waals surface area contributed by atoms with Crippen LogP contribution >= 0.6 is 0 Å². The van der Waals surface area contributed by atoms with Crippen molar-refractivity contribution in [3.05, 3.63) is 11.7 Å². The molecule has 0 aliphatic carbocycles. The summed E-state index contributed by atoms with van der Waals surface area (Å²) in [7, 11) is 0. The molecular formula is C13F26. The van der Waals surface area contributed by atoms with Crippen molar-refractivity contribution < 1.29 is 114 Å². The van der Waals surface area contributed by atoms with Gasteiger partial charge in [-0.15, -0.1) is 0 Å². The highest BCUT2D eigenvalue weighted by Gasteiger charge is 2.97. The summed E-state index contributed by atoms with van der Waals surface area (Å²) in [6, 6.07) is 0. The van der Waals surface area contributed by atoms with Gasteiger partial charge in [0, 0.05) is 0 Å². The molecule has 234 valence electrons. The average Bonchev–Trinajstić information content (AvgIpc) is 2.64. The van der Waals surface area contributed by atoms with Gasteiger partial charge in [0.15, 0.2) is 0 Å². The van der Waals surface area contributed by atoms with Gasteiger partial charge in [0.1, 0.15) is 5.57 Å². The third-order valence-electron chi connectivity index (χ3n) is 4.29. The Morgan fingerprint density at radius 3 is 0.692 bits per heavy atom. The molecule has 0 rings (SSSR count). The van der Waals surface area contributed by atoms with Crippen molar-refractivity contribution in [1.82, 2.24) is 0 Å². The van der Waals surface area contributed by atoms with Crippen molar-refractivity contribution in [2.45, 2.75) is 65.7 Å². The minimum Gasteiger partial charge on any atom is -0.194 e. The molecule has 0 spiro atoms. The molecule has 39 heavy (non-hydrogen) atoms. The third kappa shape index (κ3) is 4.59. The molecular weight excluding hydrogens is 650 g/mol. The van der Waals surface area contributed by atoms with Crippen LogP contribution in [0.2, 0.25) is 0 Å². The molecule has 0 saturated carbocycles. The Morgan fingerprint density at radius 1 is 0.256 bits per heavy atom. The summed E-state index contributed by atoms with van der Waals surface area (Å²) in [5, 5.41) is 0. The quantitative estimate of drug-likeness (QED) is 0.219. The lowest BCUT2D eigenvalue weighted by Crippen LogP contribution is -2.76. The van der Waals surface area contributed by atoms with E-state index in [-0.39, 0.29) is 0 Å². The van der Waals surface area contributed by atoms with E-state index in [1.165, 1.54) is 0 Å². The zero-order chi connectivity index (χ0) is 32.7. The Hall–Kier alpha value is -2.08. The summed E-state index contributed by atoms with van der Waals surface area (Å²) >= 11 is 0. The van der Waals surface area contributed by atoms with Gasteiger partial charge in [0.25, 0.3) is 6.08 Å². The molecule has 0 radical (unpaired) electrons. The van der Waals surface area contributed by atoms with Crippen LogP contribution in [0.25, 0.3) is 0 Å². The second kappa shape index (κ2) is 8.96. The van der Waals surface area contributed by atoms with E-state index >= 15 is 0 Å². The molecule has 0 aromatic heterocycles. The lowest BCUT2D eigenvalue weighted by atomic mass is 9.85. The minimum absolute atomic E-state index is 5.48. The normalized spacial score (nSPS) is 16.5. The number of hydrogen-bond donors (Lipinski definition) is 0. The molecule has 0 nitrogen and oxygen atoms in total. The predicted octanol–water partition coefficient (Wildman–Crippen LogP) is 8.98. The Balaban J connectivity index is 7.43. The molecule has 0 N–H and O–H groups in total. The molecule has 0 bridgehead atoms. The van der Waals surface area contributed by atoms with Crippen LogP contribution < -0.4 is 0 Å². The zero-order valence-electron chi connectivity index (χ0n) is 16.3. The Morgan fingerprint density at radius 2 is 0.487 bits per heavy atom. The van der Waals surface area contributed by atoms with Crippen LogP contribution in [-0.4, -0.2) is 65.7 Å². The van der Waals surface area contributed by atoms with Crippen LogP contribution in [0.3, 0.4) is 0 Å². The summed E-state index contributed by atoms with van der Waals surface area (Å²) in [5.41, 5.74) is -5.91. The molecule has 0 fully saturated rings. The first-order valence-electron chi connectivity index (χ1n) is 7.91. The second-order valence-corrected chi connectivity index (χ2v) is 6.80. The second-order valence-electron chi connectivity index (χ2n) is 6.80. The largest absolute Gasteiger partial charge is 0.460 e. The Bertz CT molecular complexity index is 934. The topological polar surface area (TPSA) is 0 Å². The number of allylic oxidation sites excluding steroid dienone is 1. The van der Waals surface area contributed by atoms with Gasteiger partial charge in [-0.3, -0.25) is 0 Å². The van der Waals surface area contributed by atoms with Gasteiger partial charge in [-0.1, -0.05) is 0 Å². The standard InChI is InChI=1S/C13F26/c14-2(15)1(4(18,19)12(34,35)36)3(16,17)5(20,21)6(22,23)7(24,25)8(26,27)9(28,29)10(30,31)11(32,33)13(37,38)39. The Kier molecular flexibility index (Phi) is 8.48. The summed E-state index contributed by atoms with van der Waals surface area (Å²) in [4.78, 5) is 0. The summed E-state index contributed by atoms with van der Waals surface area (Å²) in [6.45, 7) is 0. The molecule has 0 heterocycles. The van der Waals surface area contributed by atoms with E-state index < -0.39 is 77.3 Å². The van der Waals surface area contributed by atoms with Gasteiger partial charge in [0.05, 0.1) is 0 Å². The van der Waals surface area contributed by atoms with Crippen LogP contribution in [-0.2, 0) is 0 Å². The van der Waals surface area contributed by atoms with Crippen LogP contribution in [0.1, 0.15) is 0 Å². The third-order valence-corrected chi connectivity index (χ3v) is 4.29. The number of halogens is 26. The fourth-order valence-electron chi connectivity index (χ4n) is 2.09. The predicted molar refractivity (Wildman–Crippen MR) is 65.9 cm³/mol. The molecule has 0 aliphatic heterocycles. The van der Waals surface area contributed by atoms with E-state index in [4.69, 9.17) is 0 Å². The average molecular weight is 650 g/mol. The van der Waals surface area contributed by atoms with Gasteiger partial charge < -0.3 is 0 Å². The lowest BCUT2D eigenvalue weighted by molar-refractivity contribution is -0.468. The van der Waals surface area contributed by atoms with Crippen molar-refractivity contribution in [3.8, 4) is 0 Å². The summed E-state index contributed by atoms with van der Waals surface area (Å²) in [5.74, 6) is -82.1. The van der Waals surface area contributed by atoms with Crippen molar-refractivity contribution in [2.75, 3.05) is 0 Å². The molecule has 0 aliphatic rings. The van der Waals surface area contributed by atoms with Gasteiger partial charge in [-0.25, -0.2) is 0 Å². The highest BCUT2D eigenvalue weighted by atomic mass is 19.4. The maximum Gasteiger partial charge on any atom is 0.460 e. The minimum atomic E-state index is -9.58. The molecule has 0 unspecified atom stereocenters. The fraction of sp³-hybridized carbons (Fsp3) is 0.846. The number of alkyl halides is 24. The molecule has 0 atom stereocenters. The number of hydrogen-bond acceptors (Lipinski definition) is 0. The first-order valence-corrected chi connectivity index (χ1v) is 7.91. The van der Waals surface area contributed by atoms with E-state index in [0.717, 1.165) is 0 Å². The molecule has 0 amide bonds. The van der Waals surface area contributed by atoms with Crippen LogP contribution in [0.15, 0.2) is 11.7 Å². The van der Waals surface area contributed by atoms with Crippen molar-refractivity contribution in [1.29, 1.82) is 0 Å². The van der Waals surface area contributed by atoms with Crippen molar-refractivity contribution in [2.24, 2.45) is 0 Å². The van der Waals surface area contributed by atoms with Gasteiger partial charge in [-0.2, -0.15) is 114 Å². The van der Waals surface area contributed by atoms with E-state index in [9.17, 15) is 114 Å². The Labute approximate surface area is 193 Å². The summed E-state index contributed by atoms with van der Waals surface area (Å²) < 4.78 is 335.